The minimum absolute atomic E-state index is 0.219. The SMILES string of the molecule is CCN1CCN(c2ccccc2NC(=O)CN2C(=O)C3CC=CCC3C2=O)CC1. The first-order chi connectivity index (χ1) is 14.1. The van der Waals surface area contributed by atoms with Gasteiger partial charge in [0, 0.05) is 26.2 Å². The molecule has 3 amide bonds. The van der Waals surface area contributed by atoms with Gasteiger partial charge in [0.1, 0.15) is 6.54 Å². The number of benzene rings is 1. The summed E-state index contributed by atoms with van der Waals surface area (Å²) in [5.41, 5.74) is 1.70. The molecule has 2 heterocycles. The van der Waals surface area contributed by atoms with Gasteiger partial charge >= 0.3 is 0 Å². The van der Waals surface area contributed by atoms with Crippen LogP contribution in [0.1, 0.15) is 19.8 Å². The Balaban J connectivity index is 1.42. The van der Waals surface area contributed by atoms with Crippen molar-refractivity contribution in [2.45, 2.75) is 19.8 Å². The molecule has 1 aromatic carbocycles. The standard InChI is InChI=1S/C22H28N4O3/c1-2-24-11-13-25(14-12-24)19-10-6-5-9-18(19)23-20(27)15-26-21(28)16-7-3-4-8-17(16)22(26)29/h3-6,9-10,16-17H,2,7-8,11-15H2,1H3,(H,23,27). The van der Waals surface area contributed by atoms with Gasteiger partial charge in [0.2, 0.25) is 17.7 Å². The van der Waals surface area contributed by atoms with E-state index in [-0.39, 0.29) is 36.1 Å². The summed E-state index contributed by atoms with van der Waals surface area (Å²) in [6.45, 7) is 6.78. The third-order valence-corrected chi connectivity index (χ3v) is 6.24. The number of amides is 3. The summed E-state index contributed by atoms with van der Waals surface area (Å²) in [5, 5.41) is 2.93. The highest BCUT2D eigenvalue weighted by molar-refractivity contribution is 6.09. The Bertz CT molecular complexity index is 803. The lowest BCUT2D eigenvalue weighted by Crippen LogP contribution is -2.46. The van der Waals surface area contributed by atoms with Crippen LogP contribution in [-0.2, 0) is 14.4 Å². The highest BCUT2D eigenvalue weighted by Gasteiger charge is 2.47. The van der Waals surface area contributed by atoms with Crippen molar-refractivity contribution in [3.8, 4) is 0 Å². The second kappa shape index (κ2) is 8.37. The molecule has 0 bridgehead atoms. The number of rotatable bonds is 5. The monoisotopic (exact) mass is 396 g/mol. The molecule has 1 aromatic rings. The van der Waals surface area contributed by atoms with Gasteiger partial charge in [0.25, 0.3) is 0 Å². The molecule has 0 aromatic heterocycles. The molecule has 3 aliphatic rings. The first kappa shape index (κ1) is 19.6. The summed E-state index contributed by atoms with van der Waals surface area (Å²) < 4.78 is 0. The van der Waals surface area contributed by atoms with Gasteiger partial charge in [-0.05, 0) is 31.5 Å². The fraction of sp³-hybridized carbons (Fsp3) is 0.500. The van der Waals surface area contributed by atoms with E-state index in [1.807, 2.05) is 36.4 Å². The Morgan fingerprint density at radius 3 is 2.24 bits per heavy atom. The van der Waals surface area contributed by atoms with Gasteiger partial charge in [0.15, 0.2) is 0 Å². The van der Waals surface area contributed by atoms with Crippen molar-refractivity contribution in [1.82, 2.24) is 9.80 Å². The summed E-state index contributed by atoms with van der Waals surface area (Å²) >= 11 is 0. The maximum absolute atomic E-state index is 12.7. The van der Waals surface area contributed by atoms with Crippen molar-refractivity contribution in [2.75, 3.05) is 49.5 Å². The number of allylic oxidation sites excluding steroid dienone is 2. The maximum Gasteiger partial charge on any atom is 0.244 e. The number of likely N-dealkylation sites (tertiary alicyclic amines) is 1. The van der Waals surface area contributed by atoms with Crippen LogP contribution in [-0.4, -0.2) is 66.8 Å². The van der Waals surface area contributed by atoms with E-state index < -0.39 is 0 Å². The second-order valence-electron chi connectivity index (χ2n) is 7.91. The fourth-order valence-electron chi connectivity index (χ4n) is 4.52. The third kappa shape index (κ3) is 3.92. The highest BCUT2D eigenvalue weighted by Crippen LogP contribution is 2.35. The smallest absolute Gasteiger partial charge is 0.244 e. The van der Waals surface area contributed by atoms with Crippen molar-refractivity contribution >= 4 is 29.1 Å². The van der Waals surface area contributed by atoms with Gasteiger partial charge in [-0.15, -0.1) is 0 Å². The summed E-state index contributed by atoms with van der Waals surface area (Å²) in [6, 6.07) is 7.72. The van der Waals surface area contributed by atoms with Gasteiger partial charge in [-0.3, -0.25) is 19.3 Å². The Labute approximate surface area is 171 Å². The molecule has 2 aliphatic heterocycles. The number of nitrogens with zero attached hydrogens (tertiary/aromatic N) is 3. The number of hydrogen-bond acceptors (Lipinski definition) is 5. The highest BCUT2D eigenvalue weighted by atomic mass is 16.2. The predicted molar refractivity (Wildman–Crippen MR) is 111 cm³/mol. The molecule has 0 spiro atoms. The van der Waals surface area contributed by atoms with E-state index in [0.29, 0.717) is 12.8 Å². The molecule has 7 nitrogen and oxygen atoms in total. The van der Waals surface area contributed by atoms with E-state index in [1.54, 1.807) is 0 Å². The summed E-state index contributed by atoms with van der Waals surface area (Å²) in [4.78, 5) is 43.7. The molecular weight excluding hydrogens is 368 g/mol. The van der Waals surface area contributed by atoms with E-state index in [0.717, 1.165) is 49.0 Å². The number of carbonyl (C=O) groups is 3. The largest absolute Gasteiger partial charge is 0.367 e. The minimum Gasteiger partial charge on any atom is -0.367 e. The maximum atomic E-state index is 12.7. The molecule has 0 radical (unpaired) electrons. The molecule has 2 atom stereocenters. The van der Waals surface area contributed by atoms with Gasteiger partial charge in [-0.25, -0.2) is 0 Å². The number of hydrogen-bond donors (Lipinski definition) is 1. The lowest BCUT2D eigenvalue weighted by atomic mass is 9.85. The molecular formula is C22H28N4O3. The van der Waals surface area contributed by atoms with Crippen LogP contribution < -0.4 is 10.2 Å². The first-order valence-corrected chi connectivity index (χ1v) is 10.4. The number of para-hydroxylation sites is 2. The summed E-state index contributed by atoms with van der Waals surface area (Å²) in [6.07, 6.45) is 5.06. The van der Waals surface area contributed by atoms with Crippen LogP contribution >= 0.6 is 0 Å². The Hall–Kier alpha value is -2.67. The predicted octanol–water partition coefficient (Wildman–Crippen LogP) is 1.72. The molecule has 0 saturated carbocycles. The number of imide groups is 1. The van der Waals surface area contributed by atoms with Crippen molar-refractivity contribution < 1.29 is 14.4 Å². The number of likely N-dealkylation sites (N-methyl/N-ethyl adjacent to an activating group) is 1. The zero-order valence-electron chi connectivity index (χ0n) is 16.8. The molecule has 1 N–H and O–H groups in total. The van der Waals surface area contributed by atoms with Crippen molar-refractivity contribution in [2.24, 2.45) is 11.8 Å². The van der Waals surface area contributed by atoms with E-state index in [9.17, 15) is 14.4 Å². The van der Waals surface area contributed by atoms with Gasteiger partial charge < -0.3 is 15.1 Å². The zero-order valence-corrected chi connectivity index (χ0v) is 16.8. The number of carbonyl (C=O) groups excluding carboxylic acids is 3. The number of piperazine rings is 1. The van der Waals surface area contributed by atoms with E-state index in [4.69, 9.17) is 0 Å². The number of anilines is 2. The molecule has 154 valence electrons. The van der Waals surface area contributed by atoms with Gasteiger partial charge in [-0.2, -0.15) is 0 Å². The van der Waals surface area contributed by atoms with Crippen molar-refractivity contribution in [3.05, 3.63) is 36.4 Å². The molecule has 4 rings (SSSR count). The normalized spacial score (nSPS) is 24.7. The van der Waals surface area contributed by atoms with Crippen LogP contribution in [0.2, 0.25) is 0 Å². The molecule has 2 unspecified atom stereocenters. The number of fused-ring (bicyclic) bond motifs is 1. The Kier molecular flexibility index (Phi) is 5.67. The zero-order chi connectivity index (χ0) is 20.4. The average molecular weight is 396 g/mol. The Morgan fingerprint density at radius 2 is 1.62 bits per heavy atom. The third-order valence-electron chi connectivity index (χ3n) is 6.24. The van der Waals surface area contributed by atoms with Crippen LogP contribution in [0.25, 0.3) is 0 Å². The van der Waals surface area contributed by atoms with E-state index >= 15 is 0 Å². The molecule has 7 heteroatoms. The number of nitrogens with one attached hydrogen (secondary N) is 1. The minimum atomic E-state index is -0.335. The lowest BCUT2D eigenvalue weighted by Gasteiger charge is -2.36. The first-order valence-electron chi connectivity index (χ1n) is 10.4. The summed E-state index contributed by atoms with van der Waals surface area (Å²) in [7, 11) is 0. The summed E-state index contributed by atoms with van der Waals surface area (Å²) in [5.74, 6) is -1.38. The van der Waals surface area contributed by atoms with Crippen LogP contribution in [0.15, 0.2) is 36.4 Å². The van der Waals surface area contributed by atoms with Crippen LogP contribution in [0.4, 0.5) is 11.4 Å². The molecule has 2 fully saturated rings. The lowest BCUT2D eigenvalue weighted by molar-refractivity contribution is -0.142. The topological polar surface area (TPSA) is 73.0 Å². The van der Waals surface area contributed by atoms with Crippen molar-refractivity contribution in [3.63, 3.8) is 0 Å². The van der Waals surface area contributed by atoms with Gasteiger partial charge in [0.05, 0.1) is 23.2 Å². The van der Waals surface area contributed by atoms with Crippen LogP contribution in [0.3, 0.4) is 0 Å². The van der Waals surface area contributed by atoms with Crippen LogP contribution in [0.5, 0.6) is 0 Å². The second-order valence-corrected chi connectivity index (χ2v) is 7.91. The van der Waals surface area contributed by atoms with E-state index in [1.165, 1.54) is 0 Å². The van der Waals surface area contributed by atoms with Gasteiger partial charge in [-0.1, -0.05) is 31.2 Å². The average Bonchev–Trinajstić information content (AvgIpc) is 2.99. The molecule has 29 heavy (non-hydrogen) atoms. The van der Waals surface area contributed by atoms with Crippen molar-refractivity contribution in [1.29, 1.82) is 0 Å². The van der Waals surface area contributed by atoms with E-state index in [2.05, 4.69) is 22.0 Å². The molecule has 2 saturated heterocycles. The van der Waals surface area contributed by atoms with Crippen LogP contribution in [0, 0.1) is 11.8 Å². The fourth-order valence-corrected chi connectivity index (χ4v) is 4.52. The Morgan fingerprint density at radius 1 is 1.00 bits per heavy atom. The molecule has 1 aliphatic carbocycles. The quantitative estimate of drug-likeness (QED) is 0.606.